The van der Waals surface area contributed by atoms with Crippen molar-refractivity contribution >= 4 is 11.6 Å². The van der Waals surface area contributed by atoms with Gasteiger partial charge in [-0.2, -0.15) is 0 Å². The number of rotatable bonds is 2. The van der Waals surface area contributed by atoms with E-state index in [0.717, 1.165) is 31.5 Å². The third kappa shape index (κ3) is 2.48. The summed E-state index contributed by atoms with van der Waals surface area (Å²) in [4.78, 5) is 0. The summed E-state index contributed by atoms with van der Waals surface area (Å²) >= 11 is 5.71. The summed E-state index contributed by atoms with van der Waals surface area (Å²) in [6.45, 7) is 1.76. The van der Waals surface area contributed by atoms with Crippen LogP contribution in [0.4, 0.5) is 4.39 Å². The van der Waals surface area contributed by atoms with Crippen molar-refractivity contribution in [3.63, 3.8) is 0 Å². The summed E-state index contributed by atoms with van der Waals surface area (Å²) < 4.78 is 12.9. The highest BCUT2D eigenvalue weighted by Gasteiger charge is 2.29. The standard InChI is InChI=1S/C11H14ClFN2/c12-9-5-8(1-2-10(9)13)6-11(14)3-4-15-7-11/h1-2,5,15H,3-4,6-7,14H2. The minimum Gasteiger partial charge on any atom is -0.324 e. The fourth-order valence-electron chi connectivity index (χ4n) is 1.97. The van der Waals surface area contributed by atoms with Crippen molar-refractivity contribution in [3.8, 4) is 0 Å². The van der Waals surface area contributed by atoms with Crippen molar-refractivity contribution in [2.75, 3.05) is 13.1 Å². The molecule has 4 heteroatoms. The lowest BCUT2D eigenvalue weighted by Crippen LogP contribution is -2.44. The third-order valence-corrected chi connectivity index (χ3v) is 3.11. The van der Waals surface area contributed by atoms with Gasteiger partial charge in [0.15, 0.2) is 0 Å². The van der Waals surface area contributed by atoms with E-state index in [4.69, 9.17) is 17.3 Å². The van der Waals surface area contributed by atoms with Gasteiger partial charge in [0.2, 0.25) is 0 Å². The minimum atomic E-state index is -0.379. The first-order valence-corrected chi connectivity index (χ1v) is 5.40. The van der Waals surface area contributed by atoms with Gasteiger partial charge in [0.25, 0.3) is 0 Å². The Morgan fingerprint density at radius 2 is 2.33 bits per heavy atom. The number of nitrogens with two attached hydrogens (primary N) is 1. The molecule has 3 N–H and O–H groups in total. The maximum Gasteiger partial charge on any atom is 0.141 e. The van der Waals surface area contributed by atoms with Crippen LogP contribution in [0.1, 0.15) is 12.0 Å². The van der Waals surface area contributed by atoms with Gasteiger partial charge < -0.3 is 11.1 Å². The molecule has 1 fully saturated rings. The van der Waals surface area contributed by atoms with Crippen molar-refractivity contribution in [1.29, 1.82) is 0 Å². The van der Waals surface area contributed by atoms with Gasteiger partial charge in [0.1, 0.15) is 5.82 Å². The fourth-order valence-corrected chi connectivity index (χ4v) is 2.17. The SMILES string of the molecule is NC1(Cc2ccc(F)c(Cl)c2)CCNC1. The van der Waals surface area contributed by atoms with Gasteiger partial charge in [-0.25, -0.2) is 4.39 Å². The molecule has 0 bridgehead atoms. The molecule has 1 unspecified atom stereocenters. The van der Waals surface area contributed by atoms with Crippen LogP contribution in [-0.4, -0.2) is 18.6 Å². The molecule has 1 heterocycles. The Labute approximate surface area is 93.6 Å². The molecule has 0 amide bonds. The molecule has 0 aromatic heterocycles. The number of hydrogen-bond acceptors (Lipinski definition) is 2. The van der Waals surface area contributed by atoms with Gasteiger partial charge in [-0.1, -0.05) is 17.7 Å². The van der Waals surface area contributed by atoms with Crippen molar-refractivity contribution in [2.24, 2.45) is 5.73 Å². The maximum absolute atomic E-state index is 12.9. The Hall–Kier alpha value is -0.640. The lowest BCUT2D eigenvalue weighted by Gasteiger charge is -2.22. The van der Waals surface area contributed by atoms with Crippen LogP contribution >= 0.6 is 11.6 Å². The van der Waals surface area contributed by atoms with Crippen LogP contribution in [0, 0.1) is 5.82 Å². The molecule has 1 aliphatic rings. The van der Waals surface area contributed by atoms with Crippen LogP contribution in [0.5, 0.6) is 0 Å². The van der Waals surface area contributed by atoms with E-state index in [1.54, 1.807) is 12.1 Å². The van der Waals surface area contributed by atoms with Gasteiger partial charge >= 0.3 is 0 Å². The highest BCUT2D eigenvalue weighted by atomic mass is 35.5. The Balaban J connectivity index is 2.13. The number of nitrogens with one attached hydrogen (secondary N) is 1. The number of hydrogen-bond donors (Lipinski definition) is 2. The molecule has 15 heavy (non-hydrogen) atoms. The molecule has 1 aromatic rings. The molecule has 1 aromatic carbocycles. The number of halogens is 2. The van der Waals surface area contributed by atoms with E-state index in [1.165, 1.54) is 6.07 Å². The quantitative estimate of drug-likeness (QED) is 0.809. The first-order valence-electron chi connectivity index (χ1n) is 5.03. The summed E-state index contributed by atoms with van der Waals surface area (Å²) in [7, 11) is 0. The molecule has 0 aliphatic carbocycles. The van der Waals surface area contributed by atoms with E-state index < -0.39 is 0 Å². The zero-order valence-electron chi connectivity index (χ0n) is 8.39. The van der Waals surface area contributed by atoms with Gasteiger partial charge in [-0.15, -0.1) is 0 Å². The second kappa shape index (κ2) is 4.08. The van der Waals surface area contributed by atoms with Gasteiger partial charge in [0, 0.05) is 12.1 Å². The molecule has 0 saturated carbocycles. The van der Waals surface area contributed by atoms with Crippen LogP contribution in [0.2, 0.25) is 5.02 Å². The first-order chi connectivity index (χ1) is 7.09. The largest absolute Gasteiger partial charge is 0.324 e. The normalized spacial score (nSPS) is 25.8. The zero-order valence-corrected chi connectivity index (χ0v) is 9.15. The topological polar surface area (TPSA) is 38.0 Å². The molecular weight excluding hydrogens is 215 g/mol. The minimum absolute atomic E-state index is 0.169. The molecule has 82 valence electrons. The van der Waals surface area contributed by atoms with E-state index in [1.807, 2.05) is 0 Å². The maximum atomic E-state index is 12.9. The smallest absolute Gasteiger partial charge is 0.141 e. The molecule has 1 aliphatic heterocycles. The van der Waals surface area contributed by atoms with E-state index in [0.29, 0.717) is 0 Å². The summed E-state index contributed by atoms with van der Waals surface area (Å²) in [5.74, 6) is -0.379. The van der Waals surface area contributed by atoms with Crippen molar-refractivity contribution < 1.29 is 4.39 Å². The molecule has 0 radical (unpaired) electrons. The number of benzene rings is 1. The molecular formula is C11H14ClFN2. The van der Waals surface area contributed by atoms with Crippen LogP contribution in [0.3, 0.4) is 0 Å². The van der Waals surface area contributed by atoms with Gasteiger partial charge in [-0.3, -0.25) is 0 Å². The molecule has 1 atom stereocenters. The molecule has 2 rings (SSSR count). The highest BCUT2D eigenvalue weighted by molar-refractivity contribution is 6.30. The third-order valence-electron chi connectivity index (χ3n) is 2.82. The molecule has 0 spiro atoms. The highest BCUT2D eigenvalue weighted by Crippen LogP contribution is 2.21. The van der Waals surface area contributed by atoms with E-state index >= 15 is 0 Å². The zero-order chi connectivity index (χ0) is 10.9. The Morgan fingerprint density at radius 3 is 2.93 bits per heavy atom. The van der Waals surface area contributed by atoms with Crippen LogP contribution in [-0.2, 0) is 6.42 Å². The van der Waals surface area contributed by atoms with Crippen molar-refractivity contribution in [1.82, 2.24) is 5.32 Å². The average Bonchev–Trinajstić information content (AvgIpc) is 2.59. The first kappa shape index (κ1) is 10.9. The van der Waals surface area contributed by atoms with E-state index in [-0.39, 0.29) is 16.4 Å². The second-order valence-electron chi connectivity index (χ2n) is 4.21. The summed E-state index contributed by atoms with van der Waals surface area (Å²) in [5, 5.41) is 3.40. The average molecular weight is 229 g/mol. The van der Waals surface area contributed by atoms with Crippen molar-refractivity contribution in [3.05, 3.63) is 34.6 Å². The molecule has 2 nitrogen and oxygen atoms in total. The van der Waals surface area contributed by atoms with E-state index in [9.17, 15) is 4.39 Å². The Kier molecular flexibility index (Phi) is 2.96. The van der Waals surface area contributed by atoms with Crippen LogP contribution < -0.4 is 11.1 Å². The summed E-state index contributed by atoms with van der Waals surface area (Å²) in [6.07, 6.45) is 1.68. The predicted octanol–water partition coefficient (Wildman–Crippen LogP) is 1.71. The van der Waals surface area contributed by atoms with Crippen LogP contribution in [0.15, 0.2) is 18.2 Å². The second-order valence-corrected chi connectivity index (χ2v) is 4.62. The lowest BCUT2D eigenvalue weighted by molar-refractivity contribution is 0.464. The van der Waals surface area contributed by atoms with Crippen LogP contribution in [0.25, 0.3) is 0 Å². The predicted molar refractivity (Wildman–Crippen MR) is 59.5 cm³/mol. The Bertz CT molecular complexity index is 362. The van der Waals surface area contributed by atoms with Gasteiger partial charge in [0.05, 0.1) is 5.02 Å². The van der Waals surface area contributed by atoms with E-state index in [2.05, 4.69) is 5.32 Å². The Morgan fingerprint density at radius 1 is 1.53 bits per heavy atom. The van der Waals surface area contributed by atoms with Gasteiger partial charge in [-0.05, 0) is 37.1 Å². The summed E-state index contributed by atoms with van der Waals surface area (Å²) in [6, 6.07) is 4.79. The molecule has 1 saturated heterocycles. The van der Waals surface area contributed by atoms with Crippen molar-refractivity contribution in [2.45, 2.75) is 18.4 Å². The fraction of sp³-hybridized carbons (Fsp3) is 0.455. The lowest BCUT2D eigenvalue weighted by atomic mass is 9.91. The summed E-state index contributed by atoms with van der Waals surface area (Å²) in [5.41, 5.74) is 6.97. The monoisotopic (exact) mass is 228 g/mol.